The molecule has 1 unspecified atom stereocenters. The number of cyclic esters (lactones) is 2. The summed E-state index contributed by atoms with van der Waals surface area (Å²) >= 11 is 0. The molecule has 1 rings (SSSR count). The van der Waals surface area contributed by atoms with Crippen LogP contribution in [0.5, 0.6) is 0 Å². The molecule has 1 fully saturated rings. The van der Waals surface area contributed by atoms with Crippen molar-refractivity contribution in [3.63, 3.8) is 0 Å². The van der Waals surface area contributed by atoms with Gasteiger partial charge in [-0.05, 0) is 17.8 Å². The summed E-state index contributed by atoms with van der Waals surface area (Å²) in [4.78, 5) is 33.5. The number of hydrogen-bond donors (Lipinski definition) is 2. The molecule has 1 aliphatic rings. The van der Waals surface area contributed by atoms with Crippen LogP contribution in [0, 0.1) is 11.3 Å². The van der Waals surface area contributed by atoms with Crippen LogP contribution in [0.25, 0.3) is 0 Å². The quantitative estimate of drug-likeness (QED) is 0.563. The molecule has 1 heterocycles. The number of amides is 2. The van der Waals surface area contributed by atoms with Crippen LogP contribution in [0.3, 0.4) is 0 Å². The highest BCUT2D eigenvalue weighted by molar-refractivity contribution is 6.10. The zero-order chi connectivity index (χ0) is 13.9. The fraction of sp³-hybridized carbons (Fsp3) is 0.750. The van der Waals surface area contributed by atoms with Crippen molar-refractivity contribution in [2.24, 2.45) is 11.3 Å². The van der Waals surface area contributed by atoms with Gasteiger partial charge in [0.15, 0.2) is 0 Å². The molecule has 6 nitrogen and oxygen atoms in total. The number of esters is 1. The zero-order valence-electron chi connectivity index (χ0n) is 11.2. The lowest BCUT2D eigenvalue weighted by molar-refractivity contribution is -0.139. The highest BCUT2D eigenvalue weighted by Crippen LogP contribution is 2.29. The normalized spacial score (nSPS) is 19.7. The highest BCUT2D eigenvalue weighted by Gasteiger charge is 2.38. The Hall–Kier alpha value is -1.59. The molecule has 1 saturated heterocycles. The molecular formula is C12H20N2O4. The van der Waals surface area contributed by atoms with Crippen molar-refractivity contribution in [2.45, 2.75) is 40.2 Å². The van der Waals surface area contributed by atoms with Crippen molar-refractivity contribution >= 4 is 18.0 Å². The average Bonchev–Trinajstić information content (AvgIpc) is 2.57. The topological polar surface area (TPSA) is 84.5 Å². The first-order valence-electron chi connectivity index (χ1n) is 6.04. The Morgan fingerprint density at radius 3 is 2.50 bits per heavy atom. The van der Waals surface area contributed by atoms with Crippen molar-refractivity contribution in [1.29, 1.82) is 0 Å². The van der Waals surface area contributed by atoms with Gasteiger partial charge in [-0.2, -0.15) is 0 Å². The van der Waals surface area contributed by atoms with Crippen LogP contribution in [0.4, 0.5) is 4.79 Å². The standard InChI is InChI=1S/C12H20N2O4/c1-7(2)12(3,4)5-6-13-9(15)8-10(16)18-11(17)14-8/h7-8H,5-6H2,1-4H3,(H,13,15)(H,14,17). The zero-order valence-corrected chi connectivity index (χ0v) is 11.2. The first-order chi connectivity index (χ1) is 8.24. The third-order valence-electron chi connectivity index (χ3n) is 3.58. The van der Waals surface area contributed by atoms with Crippen LogP contribution in [0.2, 0.25) is 0 Å². The Bertz CT molecular complexity index is 363. The lowest BCUT2D eigenvalue weighted by atomic mass is 9.78. The molecule has 2 amide bonds. The maximum atomic E-state index is 11.6. The minimum absolute atomic E-state index is 0.104. The van der Waals surface area contributed by atoms with Crippen molar-refractivity contribution in [3.8, 4) is 0 Å². The third kappa shape index (κ3) is 3.45. The molecule has 18 heavy (non-hydrogen) atoms. The molecule has 0 radical (unpaired) electrons. The molecule has 0 saturated carbocycles. The van der Waals surface area contributed by atoms with Crippen LogP contribution in [-0.4, -0.2) is 30.6 Å². The number of carbonyl (C=O) groups is 3. The van der Waals surface area contributed by atoms with Crippen molar-refractivity contribution in [1.82, 2.24) is 10.6 Å². The van der Waals surface area contributed by atoms with Crippen LogP contribution < -0.4 is 10.6 Å². The number of nitrogens with one attached hydrogen (secondary N) is 2. The Morgan fingerprint density at radius 2 is 2.06 bits per heavy atom. The number of hydrogen-bond acceptors (Lipinski definition) is 4. The Morgan fingerprint density at radius 1 is 1.44 bits per heavy atom. The van der Waals surface area contributed by atoms with E-state index < -0.39 is 24.0 Å². The first kappa shape index (κ1) is 14.5. The molecule has 0 aromatic rings. The SMILES string of the molecule is CC(C)C(C)(C)CCNC(=O)C1NC(=O)OC1=O. The lowest BCUT2D eigenvalue weighted by Gasteiger charge is -2.29. The van der Waals surface area contributed by atoms with Gasteiger partial charge in [0, 0.05) is 6.54 Å². The summed E-state index contributed by atoms with van der Waals surface area (Å²) in [7, 11) is 0. The van der Waals surface area contributed by atoms with Crippen molar-refractivity contribution in [3.05, 3.63) is 0 Å². The second-order valence-corrected chi connectivity index (χ2v) is 5.47. The van der Waals surface area contributed by atoms with E-state index in [1.54, 1.807) is 0 Å². The van der Waals surface area contributed by atoms with E-state index in [2.05, 4.69) is 43.1 Å². The fourth-order valence-corrected chi connectivity index (χ4v) is 1.43. The largest absolute Gasteiger partial charge is 0.416 e. The monoisotopic (exact) mass is 256 g/mol. The van der Waals surface area contributed by atoms with Gasteiger partial charge < -0.3 is 10.1 Å². The van der Waals surface area contributed by atoms with E-state index in [0.29, 0.717) is 12.5 Å². The van der Waals surface area contributed by atoms with E-state index in [9.17, 15) is 14.4 Å². The number of ether oxygens (including phenoxy) is 1. The van der Waals surface area contributed by atoms with E-state index in [4.69, 9.17) is 0 Å². The van der Waals surface area contributed by atoms with Gasteiger partial charge in [0.05, 0.1) is 0 Å². The maximum Gasteiger partial charge on any atom is 0.416 e. The molecule has 1 atom stereocenters. The minimum atomic E-state index is -1.21. The van der Waals surface area contributed by atoms with E-state index in [1.807, 2.05) is 0 Å². The first-order valence-corrected chi connectivity index (χ1v) is 6.04. The molecule has 102 valence electrons. The summed E-state index contributed by atoms with van der Waals surface area (Å²) in [5.41, 5.74) is 0.104. The van der Waals surface area contributed by atoms with E-state index >= 15 is 0 Å². The Labute approximate surface area is 106 Å². The van der Waals surface area contributed by atoms with Gasteiger partial charge >= 0.3 is 12.1 Å². The summed E-state index contributed by atoms with van der Waals surface area (Å²) < 4.78 is 4.23. The average molecular weight is 256 g/mol. The van der Waals surface area contributed by atoms with Crippen LogP contribution >= 0.6 is 0 Å². The second kappa shape index (κ2) is 5.37. The summed E-state index contributed by atoms with van der Waals surface area (Å²) in [5.74, 6) is -0.878. The Kier molecular flexibility index (Phi) is 4.32. The highest BCUT2D eigenvalue weighted by atomic mass is 16.6. The van der Waals surface area contributed by atoms with Gasteiger partial charge in [-0.15, -0.1) is 0 Å². The van der Waals surface area contributed by atoms with Gasteiger partial charge in [-0.25, -0.2) is 9.59 Å². The van der Waals surface area contributed by atoms with Crippen LogP contribution in [-0.2, 0) is 14.3 Å². The molecule has 6 heteroatoms. The fourth-order valence-electron chi connectivity index (χ4n) is 1.43. The summed E-state index contributed by atoms with van der Waals surface area (Å²) in [6.07, 6.45) is -0.0748. The predicted octanol–water partition coefficient (Wildman–Crippen LogP) is 0.810. The number of carbonyl (C=O) groups excluding carboxylic acids is 3. The molecule has 0 spiro atoms. The van der Waals surface area contributed by atoms with Gasteiger partial charge in [-0.1, -0.05) is 27.7 Å². The van der Waals surface area contributed by atoms with Gasteiger partial charge in [-0.3, -0.25) is 10.1 Å². The van der Waals surface area contributed by atoms with E-state index in [-0.39, 0.29) is 5.41 Å². The summed E-state index contributed by atoms with van der Waals surface area (Å²) in [5, 5.41) is 4.78. The molecule has 0 aromatic carbocycles. The molecule has 0 bridgehead atoms. The summed E-state index contributed by atoms with van der Waals surface area (Å²) in [6, 6.07) is -1.21. The molecule has 0 aromatic heterocycles. The van der Waals surface area contributed by atoms with Crippen LogP contribution in [0.15, 0.2) is 0 Å². The molecule has 1 aliphatic heterocycles. The van der Waals surface area contributed by atoms with Gasteiger partial charge in [0.2, 0.25) is 6.04 Å². The molecule has 2 N–H and O–H groups in total. The smallest absolute Gasteiger partial charge is 0.374 e. The lowest BCUT2D eigenvalue weighted by Crippen LogP contribution is -2.45. The van der Waals surface area contributed by atoms with Gasteiger partial charge in [0.25, 0.3) is 5.91 Å². The number of rotatable bonds is 5. The number of alkyl carbamates (subject to hydrolysis) is 1. The summed E-state index contributed by atoms with van der Waals surface area (Å²) in [6.45, 7) is 8.95. The third-order valence-corrected chi connectivity index (χ3v) is 3.58. The minimum Gasteiger partial charge on any atom is -0.374 e. The Balaban J connectivity index is 2.39. The maximum absolute atomic E-state index is 11.6. The van der Waals surface area contributed by atoms with Crippen LogP contribution in [0.1, 0.15) is 34.1 Å². The predicted molar refractivity (Wildman–Crippen MR) is 64.7 cm³/mol. The van der Waals surface area contributed by atoms with E-state index in [0.717, 1.165) is 6.42 Å². The van der Waals surface area contributed by atoms with Crippen molar-refractivity contribution in [2.75, 3.05) is 6.54 Å². The van der Waals surface area contributed by atoms with E-state index in [1.165, 1.54) is 0 Å². The molecular weight excluding hydrogens is 236 g/mol. The van der Waals surface area contributed by atoms with Crippen molar-refractivity contribution < 1.29 is 19.1 Å². The van der Waals surface area contributed by atoms with Gasteiger partial charge in [0.1, 0.15) is 0 Å². The second-order valence-electron chi connectivity index (χ2n) is 5.47. The molecule has 0 aliphatic carbocycles.